The van der Waals surface area contributed by atoms with Crippen LogP contribution in [-0.2, 0) is 6.54 Å². The average Bonchev–Trinajstić information content (AvgIpc) is 3.58. The van der Waals surface area contributed by atoms with E-state index in [0.29, 0.717) is 33.9 Å². The Hall–Kier alpha value is -4.26. The predicted octanol–water partition coefficient (Wildman–Crippen LogP) is 5.78. The molecule has 1 N–H and O–H groups in total. The molecule has 2 saturated heterocycles. The van der Waals surface area contributed by atoms with E-state index in [2.05, 4.69) is 42.2 Å². The molecule has 4 aromatic rings. The van der Waals surface area contributed by atoms with E-state index in [1.54, 1.807) is 24.4 Å². The lowest BCUT2D eigenvalue weighted by molar-refractivity contribution is -0.142. The predicted molar refractivity (Wildman–Crippen MR) is 155 cm³/mol. The summed E-state index contributed by atoms with van der Waals surface area (Å²) >= 11 is 0. The largest absolute Gasteiger partial charge is 0.496 e. The highest BCUT2D eigenvalue weighted by Crippen LogP contribution is 2.43. The topological polar surface area (TPSA) is 84.2 Å². The zero-order chi connectivity index (χ0) is 30.2. The van der Waals surface area contributed by atoms with Crippen LogP contribution in [0.1, 0.15) is 19.3 Å². The number of pyridine rings is 1. The molecule has 43 heavy (non-hydrogen) atoms. The fourth-order valence-electron chi connectivity index (χ4n) is 6.13. The summed E-state index contributed by atoms with van der Waals surface area (Å²) in [6, 6.07) is 8.02. The maximum atomic E-state index is 14.7. The number of methoxy groups -OCH3 is 1. The van der Waals surface area contributed by atoms with Gasteiger partial charge in [-0.05, 0) is 56.5 Å². The van der Waals surface area contributed by atoms with Gasteiger partial charge in [0.2, 0.25) is 0 Å². The van der Waals surface area contributed by atoms with Crippen molar-refractivity contribution in [1.82, 2.24) is 29.6 Å². The van der Waals surface area contributed by atoms with Gasteiger partial charge in [-0.1, -0.05) is 6.07 Å². The van der Waals surface area contributed by atoms with E-state index in [1.807, 2.05) is 6.07 Å². The average molecular weight is 597 g/mol. The first kappa shape index (κ1) is 28.8. The van der Waals surface area contributed by atoms with Crippen molar-refractivity contribution in [2.45, 2.75) is 32.0 Å². The molecule has 13 heteroatoms. The summed E-state index contributed by atoms with van der Waals surface area (Å²) in [6.07, 6.45) is 4.83. The molecule has 3 aromatic heterocycles. The van der Waals surface area contributed by atoms with Crippen molar-refractivity contribution >= 4 is 17.3 Å². The van der Waals surface area contributed by atoms with Gasteiger partial charge >= 0.3 is 6.18 Å². The second-order valence-electron chi connectivity index (χ2n) is 11.3. The Labute approximate surface area is 246 Å². The van der Waals surface area contributed by atoms with E-state index in [4.69, 9.17) is 4.74 Å². The summed E-state index contributed by atoms with van der Waals surface area (Å²) in [6.45, 7) is 2.62. The molecule has 0 atom stereocenters. The number of piperidine rings is 1. The van der Waals surface area contributed by atoms with E-state index in [0.717, 1.165) is 49.4 Å². The van der Waals surface area contributed by atoms with E-state index < -0.39 is 18.5 Å². The lowest BCUT2D eigenvalue weighted by Gasteiger charge is -2.41. The number of likely N-dealkylation sites (tertiary alicyclic amines) is 1. The summed E-state index contributed by atoms with van der Waals surface area (Å²) in [5, 5.41) is 7.14. The van der Waals surface area contributed by atoms with Crippen LogP contribution >= 0.6 is 0 Å². The maximum absolute atomic E-state index is 14.7. The minimum atomic E-state index is -4.38. The quantitative estimate of drug-likeness (QED) is 0.269. The van der Waals surface area contributed by atoms with Gasteiger partial charge in [-0.15, -0.1) is 0 Å². The van der Waals surface area contributed by atoms with Crippen molar-refractivity contribution in [3.63, 3.8) is 0 Å². The molecule has 0 amide bonds. The Morgan fingerprint density at radius 3 is 2.53 bits per heavy atom. The summed E-state index contributed by atoms with van der Waals surface area (Å²) in [5.41, 5.74) is 2.53. The molecule has 1 aromatic carbocycles. The first-order valence-corrected chi connectivity index (χ1v) is 14.1. The first-order valence-electron chi connectivity index (χ1n) is 14.1. The molecular formula is C30H32F4N8O. The Morgan fingerprint density at radius 1 is 1.02 bits per heavy atom. The summed E-state index contributed by atoms with van der Waals surface area (Å²) < 4.78 is 60.0. The summed E-state index contributed by atoms with van der Waals surface area (Å²) in [5.74, 6) is 0.822. The van der Waals surface area contributed by atoms with E-state index in [1.165, 1.54) is 38.2 Å². The molecular weight excluding hydrogens is 564 g/mol. The molecule has 6 rings (SSSR count). The molecule has 2 aliphatic heterocycles. The molecule has 1 spiro atoms. The number of benzene rings is 1. The third kappa shape index (κ3) is 6.26. The highest BCUT2D eigenvalue weighted by molar-refractivity contribution is 5.80. The normalized spacial score (nSPS) is 17.0. The maximum Gasteiger partial charge on any atom is 0.408 e. The van der Waals surface area contributed by atoms with Gasteiger partial charge < -0.3 is 19.9 Å². The van der Waals surface area contributed by atoms with Crippen LogP contribution in [0.3, 0.4) is 0 Å². The third-order valence-corrected chi connectivity index (χ3v) is 8.29. The molecule has 2 aliphatic rings. The van der Waals surface area contributed by atoms with Gasteiger partial charge in [0.25, 0.3) is 0 Å². The number of hydrogen-bond donors (Lipinski definition) is 1. The molecule has 0 radical (unpaired) electrons. The number of hydrogen-bond acceptors (Lipinski definition) is 8. The number of aromatic nitrogens is 5. The van der Waals surface area contributed by atoms with Crippen molar-refractivity contribution < 1.29 is 22.3 Å². The number of rotatable bonds is 7. The Bertz CT molecular complexity index is 1600. The van der Waals surface area contributed by atoms with Crippen molar-refractivity contribution in [2.75, 3.05) is 50.6 Å². The third-order valence-electron chi connectivity index (χ3n) is 8.29. The lowest BCUT2D eigenvalue weighted by atomic mass is 9.77. The number of halogens is 4. The summed E-state index contributed by atoms with van der Waals surface area (Å²) in [7, 11) is 3.60. The van der Waals surface area contributed by atoms with Gasteiger partial charge in [0.1, 0.15) is 29.7 Å². The van der Waals surface area contributed by atoms with Gasteiger partial charge in [0, 0.05) is 61.1 Å². The number of nitrogens with zero attached hydrogens (tertiary/aromatic N) is 7. The second kappa shape index (κ2) is 11.4. The highest BCUT2D eigenvalue weighted by atomic mass is 19.4. The van der Waals surface area contributed by atoms with Crippen LogP contribution in [0, 0.1) is 11.2 Å². The zero-order valence-electron chi connectivity index (χ0n) is 23.9. The monoisotopic (exact) mass is 596 g/mol. The van der Waals surface area contributed by atoms with Crippen LogP contribution in [0.15, 0.2) is 55.1 Å². The van der Waals surface area contributed by atoms with Crippen LogP contribution in [0.5, 0.6) is 5.75 Å². The molecule has 0 saturated carbocycles. The Kier molecular flexibility index (Phi) is 7.67. The van der Waals surface area contributed by atoms with Crippen LogP contribution in [-0.4, -0.2) is 76.1 Å². The van der Waals surface area contributed by atoms with Crippen LogP contribution in [0.4, 0.5) is 34.9 Å². The van der Waals surface area contributed by atoms with Crippen LogP contribution in [0.25, 0.3) is 22.5 Å². The number of alkyl halides is 3. The van der Waals surface area contributed by atoms with Gasteiger partial charge in [-0.25, -0.2) is 19.3 Å². The lowest BCUT2D eigenvalue weighted by Crippen LogP contribution is -2.41. The minimum Gasteiger partial charge on any atom is -0.496 e. The fourth-order valence-corrected chi connectivity index (χ4v) is 6.13. The molecule has 9 nitrogen and oxygen atoms in total. The second-order valence-corrected chi connectivity index (χ2v) is 11.3. The number of anilines is 3. The molecule has 5 heterocycles. The van der Waals surface area contributed by atoms with Gasteiger partial charge in [0.15, 0.2) is 5.82 Å². The number of ether oxygens (including phenoxy) is 1. The van der Waals surface area contributed by atoms with E-state index >= 15 is 0 Å². The van der Waals surface area contributed by atoms with Crippen molar-refractivity contribution in [3.8, 4) is 28.3 Å². The molecule has 2 fully saturated rings. The standard InChI is InChI=1S/C30H32F4N8O/c1-40-11-7-29(18-40)8-12-41(13-9-29)23-14-26(36-16-21(23)20-15-37-42(17-20)19-30(32,33)34)38-25-6-10-35-28(39-25)27-22(31)4-3-5-24(27)43-2/h3-6,10,14-17H,7-9,11-13,18-19H2,1-2H3,(H,35,36,38,39). The van der Waals surface area contributed by atoms with Gasteiger partial charge in [-0.3, -0.25) is 4.68 Å². The van der Waals surface area contributed by atoms with Crippen molar-refractivity contribution in [2.24, 2.45) is 5.41 Å². The first-order chi connectivity index (χ1) is 20.6. The SMILES string of the molecule is COc1cccc(F)c1-c1nccc(Nc2cc(N3CCC4(CCN(C)C4)CC3)c(-c3cnn(CC(F)(F)F)c3)cn2)n1. The van der Waals surface area contributed by atoms with Crippen LogP contribution < -0.4 is 15.0 Å². The fraction of sp³-hybridized carbons (Fsp3) is 0.400. The van der Waals surface area contributed by atoms with E-state index in [9.17, 15) is 17.6 Å². The Morgan fingerprint density at radius 2 is 1.81 bits per heavy atom. The Balaban J connectivity index is 1.31. The highest BCUT2D eigenvalue weighted by Gasteiger charge is 2.39. The van der Waals surface area contributed by atoms with Crippen LogP contribution in [0.2, 0.25) is 0 Å². The minimum absolute atomic E-state index is 0.147. The number of nitrogens with one attached hydrogen (secondary N) is 1. The van der Waals surface area contributed by atoms with Gasteiger partial charge in [0.05, 0.1) is 18.9 Å². The molecule has 0 unspecified atom stereocenters. The van der Waals surface area contributed by atoms with Crippen molar-refractivity contribution in [3.05, 3.63) is 60.9 Å². The zero-order valence-corrected chi connectivity index (χ0v) is 23.9. The van der Waals surface area contributed by atoms with E-state index in [-0.39, 0.29) is 11.4 Å². The molecule has 226 valence electrons. The molecule has 0 aliphatic carbocycles. The smallest absolute Gasteiger partial charge is 0.408 e. The van der Waals surface area contributed by atoms with Crippen molar-refractivity contribution in [1.29, 1.82) is 0 Å². The molecule has 0 bridgehead atoms. The van der Waals surface area contributed by atoms with Gasteiger partial charge in [-0.2, -0.15) is 18.3 Å². The summed E-state index contributed by atoms with van der Waals surface area (Å²) in [4.78, 5) is 17.9.